The molecule has 0 saturated heterocycles. The third-order valence-corrected chi connectivity index (χ3v) is 4.03. The second kappa shape index (κ2) is 8.42. The molecule has 0 bridgehead atoms. The Hall–Kier alpha value is -2.96. The number of nitrogens with one attached hydrogen (secondary N) is 1. The number of benzene rings is 2. The van der Waals surface area contributed by atoms with Gasteiger partial charge >= 0.3 is 6.03 Å². The van der Waals surface area contributed by atoms with Crippen molar-refractivity contribution in [3.05, 3.63) is 53.3 Å². The number of amides is 2. The molecule has 2 N–H and O–H groups in total. The van der Waals surface area contributed by atoms with Crippen LogP contribution in [-0.4, -0.2) is 37.3 Å². The maximum Gasteiger partial charge on any atom is 0.317 e. The Morgan fingerprint density at radius 1 is 1.19 bits per heavy atom. The van der Waals surface area contributed by atoms with Crippen molar-refractivity contribution >= 4 is 6.03 Å². The van der Waals surface area contributed by atoms with E-state index in [-0.39, 0.29) is 23.6 Å². The quantitative estimate of drug-likeness (QED) is 0.826. The molecule has 0 heterocycles. The van der Waals surface area contributed by atoms with Gasteiger partial charge in [0.15, 0.2) is 23.1 Å². The average Bonchev–Trinajstić information content (AvgIpc) is 2.61. The first-order valence-electron chi connectivity index (χ1n) is 8.06. The van der Waals surface area contributed by atoms with E-state index in [4.69, 9.17) is 9.47 Å². The minimum Gasteiger partial charge on any atom is -0.504 e. The number of phenolic OH excluding ortho intramolecular Hbond substituents is 1. The summed E-state index contributed by atoms with van der Waals surface area (Å²) in [5.41, 5.74) is 1.39. The van der Waals surface area contributed by atoms with E-state index in [1.807, 2.05) is 0 Å². The largest absolute Gasteiger partial charge is 0.504 e. The summed E-state index contributed by atoms with van der Waals surface area (Å²) < 4.78 is 23.7. The highest BCUT2D eigenvalue weighted by molar-refractivity contribution is 5.74. The molecule has 2 aromatic carbocycles. The molecule has 2 aromatic rings. The molecule has 0 aliphatic heterocycles. The van der Waals surface area contributed by atoms with Crippen molar-refractivity contribution in [3.8, 4) is 17.2 Å². The number of aromatic hydroxyl groups is 1. The second-order valence-electron chi connectivity index (χ2n) is 5.93. The van der Waals surface area contributed by atoms with E-state index < -0.39 is 5.82 Å². The number of hydrogen-bond acceptors (Lipinski definition) is 4. The fourth-order valence-corrected chi connectivity index (χ4v) is 2.51. The third-order valence-electron chi connectivity index (χ3n) is 4.03. The van der Waals surface area contributed by atoms with Gasteiger partial charge in [-0.15, -0.1) is 0 Å². The average molecular weight is 362 g/mol. The molecule has 7 heteroatoms. The number of hydrogen-bond donors (Lipinski definition) is 2. The number of carbonyl (C=O) groups is 1. The highest BCUT2D eigenvalue weighted by Gasteiger charge is 2.16. The molecule has 2 rings (SSSR count). The fraction of sp³-hybridized carbons (Fsp3) is 0.316. The zero-order valence-electron chi connectivity index (χ0n) is 15.2. The minimum absolute atomic E-state index is 0.0147. The molecule has 140 valence electrons. The maximum absolute atomic E-state index is 13.8. The summed E-state index contributed by atoms with van der Waals surface area (Å²) in [5.74, 6) is 0.0637. The topological polar surface area (TPSA) is 71.0 Å². The number of urea groups is 1. The Labute approximate surface area is 152 Å². The van der Waals surface area contributed by atoms with Crippen LogP contribution in [0.5, 0.6) is 17.2 Å². The van der Waals surface area contributed by atoms with Crippen molar-refractivity contribution < 1.29 is 23.8 Å². The van der Waals surface area contributed by atoms with Crippen LogP contribution >= 0.6 is 0 Å². The summed E-state index contributed by atoms with van der Waals surface area (Å²) in [6.45, 7) is 2.07. The van der Waals surface area contributed by atoms with Gasteiger partial charge in [-0.2, -0.15) is 0 Å². The number of carbonyl (C=O) groups excluding carboxylic acids is 1. The molecular weight excluding hydrogens is 339 g/mol. The zero-order chi connectivity index (χ0) is 19.3. The third kappa shape index (κ3) is 4.56. The Morgan fingerprint density at radius 3 is 2.42 bits per heavy atom. The van der Waals surface area contributed by atoms with Gasteiger partial charge in [-0.05, 0) is 42.3 Å². The molecule has 0 aliphatic carbocycles. The van der Waals surface area contributed by atoms with Gasteiger partial charge in [-0.25, -0.2) is 9.18 Å². The van der Waals surface area contributed by atoms with E-state index in [2.05, 4.69) is 5.32 Å². The molecule has 2 amide bonds. The first-order valence-corrected chi connectivity index (χ1v) is 8.06. The molecule has 1 unspecified atom stereocenters. The summed E-state index contributed by atoms with van der Waals surface area (Å²) in [5, 5.41) is 12.6. The molecule has 0 aliphatic rings. The number of methoxy groups -OCH3 is 2. The van der Waals surface area contributed by atoms with Crippen molar-refractivity contribution in [3.63, 3.8) is 0 Å². The second-order valence-corrected chi connectivity index (χ2v) is 5.93. The van der Waals surface area contributed by atoms with Gasteiger partial charge in [0.2, 0.25) is 0 Å². The normalized spacial score (nSPS) is 11.6. The standard InChI is InChI=1S/C19H23FN2O4/c1-12(14-6-8-17(25-3)15(20)10-14)21-19(24)22(2)11-13-5-7-18(26-4)16(23)9-13/h5-10,12,23H,11H2,1-4H3,(H,21,24). The highest BCUT2D eigenvalue weighted by Crippen LogP contribution is 2.27. The van der Waals surface area contributed by atoms with E-state index in [1.54, 1.807) is 38.2 Å². The minimum atomic E-state index is -0.479. The Balaban J connectivity index is 1.99. The lowest BCUT2D eigenvalue weighted by Gasteiger charge is -2.22. The summed E-state index contributed by atoms with van der Waals surface area (Å²) in [7, 11) is 4.50. The SMILES string of the molecule is COc1ccc(CN(C)C(=O)NC(C)c2ccc(OC)c(F)c2)cc1O. The first-order chi connectivity index (χ1) is 12.3. The Kier molecular flexibility index (Phi) is 6.27. The smallest absolute Gasteiger partial charge is 0.317 e. The predicted octanol–water partition coefficient (Wildman–Crippen LogP) is 3.45. The summed E-state index contributed by atoms with van der Waals surface area (Å²) in [6, 6.07) is 8.82. The summed E-state index contributed by atoms with van der Waals surface area (Å²) >= 11 is 0. The van der Waals surface area contributed by atoms with Crippen LogP contribution in [0.4, 0.5) is 9.18 Å². The number of rotatable bonds is 6. The number of halogens is 1. The van der Waals surface area contributed by atoms with Gasteiger partial charge in [0.1, 0.15) is 0 Å². The lowest BCUT2D eigenvalue weighted by molar-refractivity contribution is 0.203. The maximum atomic E-state index is 13.8. The van der Waals surface area contributed by atoms with Gasteiger partial charge in [0.05, 0.1) is 20.3 Å². The van der Waals surface area contributed by atoms with Gasteiger partial charge in [-0.3, -0.25) is 0 Å². The molecule has 0 fully saturated rings. The highest BCUT2D eigenvalue weighted by atomic mass is 19.1. The fourth-order valence-electron chi connectivity index (χ4n) is 2.51. The van der Waals surface area contributed by atoms with Crippen LogP contribution in [0.25, 0.3) is 0 Å². The van der Waals surface area contributed by atoms with Crippen molar-refractivity contribution in [1.82, 2.24) is 10.2 Å². The van der Waals surface area contributed by atoms with Gasteiger partial charge in [0.25, 0.3) is 0 Å². The Morgan fingerprint density at radius 2 is 1.85 bits per heavy atom. The molecule has 0 radical (unpaired) electrons. The van der Waals surface area contributed by atoms with Crippen LogP contribution in [0.2, 0.25) is 0 Å². The summed E-state index contributed by atoms with van der Waals surface area (Å²) in [4.78, 5) is 13.8. The van der Waals surface area contributed by atoms with Gasteiger partial charge in [-0.1, -0.05) is 12.1 Å². The van der Waals surface area contributed by atoms with Crippen LogP contribution in [0, 0.1) is 5.82 Å². The molecule has 0 spiro atoms. The van der Waals surface area contributed by atoms with Crippen molar-refractivity contribution in [2.24, 2.45) is 0 Å². The van der Waals surface area contributed by atoms with Crippen molar-refractivity contribution in [2.75, 3.05) is 21.3 Å². The van der Waals surface area contributed by atoms with Crippen molar-refractivity contribution in [1.29, 1.82) is 0 Å². The first kappa shape index (κ1) is 19.4. The number of phenols is 1. The molecule has 6 nitrogen and oxygen atoms in total. The number of ether oxygens (including phenoxy) is 2. The van der Waals surface area contributed by atoms with E-state index in [9.17, 15) is 14.3 Å². The lowest BCUT2D eigenvalue weighted by Crippen LogP contribution is -2.38. The summed E-state index contributed by atoms with van der Waals surface area (Å²) in [6.07, 6.45) is 0. The van der Waals surface area contributed by atoms with E-state index in [1.165, 1.54) is 31.3 Å². The molecule has 0 aromatic heterocycles. The van der Waals surface area contributed by atoms with Gasteiger partial charge in [0, 0.05) is 13.6 Å². The van der Waals surface area contributed by atoms with Crippen LogP contribution in [0.15, 0.2) is 36.4 Å². The lowest BCUT2D eigenvalue weighted by atomic mass is 10.1. The van der Waals surface area contributed by atoms with Crippen LogP contribution in [-0.2, 0) is 6.54 Å². The van der Waals surface area contributed by atoms with Crippen LogP contribution < -0.4 is 14.8 Å². The zero-order valence-corrected chi connectivity index (χ0v) is 15.2. The van der Waals surface area contributed by atoms with Gasteiger partial charge < -0.3 is 24.8 Å². The molecule has 1 atom stereocenters. The molecule has 26 heavy (non-hydrogen) atoms. The van der Waals surface area contributed by atoms with Crippen molar-refractivity contribution in [2.45, 2.75) is 19.5 Å². The molecular formula is C19H23FN2O4. The van der Waals surface area contributed by atoms with E-state index in [0.29, 0.717) is 17.9 Å². The van der Waals surface area contributed by atoms with Crippen LogP contribution in [0.3, 0.4) is 0 Å². The van der Waals surface area contributed by atoms with E-state index in [0.717, 1.165) is 5.56 Å². The van der Waals surface area contributed by atoms with Crippen LogP contribution in [0.1, 0.15) is 24.1 Å². The predicted molar refractivity (Wildman–Crippen MR) is 96.0 cm³/mol. The molecule has 0 saturated carbocycles. The number of nitrogens with zero attached hydrogens (tertiary/aromatic N) is 1. The monoisotopic (exact) mass is 362 g/mol. The Bertz CT molecular complexity index is 782. The van der Waals surface area contributed by atoms with E-state index >= 15 is 0 Å².